The van der Waals surface area contributed by atoms with Gasteiger partial charge in [-0.05, 0) is 18.4 Å². The second kappa shape index (κ2) is 4.35. The molecule has 1 spiro atoms. The van der Waals surface area contributed by atoms with Crippen molar-refractivity contribution in [3.8, 4) is 0 Å². The van der Waals surface area contributed by atoms with Gasteiger partial charge in [0.25, 0.3) is 0 Å². The van der Waals surface area contributed by atoms with E-state index in [1.54, 1.807) is 0 Å². The van der Waals surface area contributed by atoms with Crippen molar-refractivity contribution >= 4 is 11.8 Å². The first-order chi connectivity index (χ1) is 11.2. The van der Waals surface area contributed by atoms with Gasteiger partial charge in [0, 0.05) is 19.5 Å². The van der Waals surface area contributed by atoms with Crippen LogP contribution in [0.5, 0.6) is 0 Å². The van der Waals surface area contributed by atoms with Crippen LogP contribution in [-0.4, -0.2) is 53.1 Å². The molecule has 5 nitrogen and oxygen atoms in total. The Balaban J connectivity index is 1.47. The number of ether oxygens (including phenoxy) is 1. The van der Waals surface area contributed by atoms with Crippen molar-refractivity contribution < 1.29 is 14.3 Å². The third-order valence-electron chi connectivity index (χ3n) is 6.15. The Morgan fingerprint density at radius 2 is 1.91 bits per heavy atom. The van der Waals surface area contributed by atoms with Gasteiger partial charge in [0.15, 0.2) is 5.72 Å². The Bertz CT molecular complexity index is 685. The first-order valence-corrected chi connectivity index (χ1v) is 8.48. The average Bonchev–Trinajstić information content (AvgIpc) is 3.07. The molecule has 23 heavy (non-hydrogen) atoms. The highest BCUT2D eigenvalue weighted by Crippen LogP contribution is 2.53. The van der Waals surface area contributed by atoms with Crippen molar-refractivity contribution in [1.29, 1.82) is 0 Å². The van der Waals surface area contributed by atoms with Gasteiger partial charge in [0.2, 0.25) is 11.8 Å². The largest absolute Gasteiger partial charge is 0.351 e. The standard InChI is InChI=1S/C18H20N2O3/c21-15-12-14-18(20(15)10-11-23-18)8-9-19(14)16(22)17(6-7-17)13-4-2-1-3-5-13/h1-5,14H,6-12H2/t14-,18+/m1/s1. The topological polar surface area (TPSA) is 49.9 Å². The summed E-state index contributed by atoms with van der Waals surface area (Å²) in [5, 5.41) is 0. The molecule has 4 fully saturated rings. The smallest absolute Gasteiger partial charge is 0.233 e. The van der Waals surface area contributed by atoms with Crippen molar-refractivity contribution in [2.24, 2.45) is 0 Å². The van der Waals surface area contributed by atoms with E-state index in [-0.39, 0.29) is 23.3 Å². The van der Waals surface area contributed by atoms with Gasteiger partial charge in [-0.2, -0.15) is 0 Å². The van der Waals surface area contributed by atoms with Crippen LogP contribution in [0.25, 0.3) is 0 Å². The Morgan fingerprint density at radius 3 is 2.65 bits per heavy atom. The second-order valence-electron chi connectivity index (χ2n) is 7.16. The summed E-state index contributed by atoms with van der Waals surface area (Å²) in [5.41, 5.74) is 0.223. The molecule has 5 heteroatoms. The van der Waals surface area contributed by atoms with Crippen LogP contribution in [0, 0.1) is 0 Å². The molecule has 3 heterocycles. The number of carbonyl (C=O) groups is 2. The lowest BCUT2D eigenvalue weighted by atomic mass is 9.93. The SMILES string of the molecule is O=C1C[C@H]2N(C(=O)C3(c4ccccc4)CC3)CC[C@]23OCCN13. The molecule has 1 aromatic rings. The Labute approximate surface area is 135 Å². The maximum atomic E-state index is 13.3. The molecule has 2 atom stereocenters. The summed E-state index contributed by atoms with van der Waals surface area (Å²) >= 11 is 0. The van der Waals surface area contributed by atoms with Gasteiger partial charge in [-0.3, -0.25) is 9.59 Å². The van der Waals surface area contributed by atoms with Crippen LogP contribution in [0.3, 0.4) is 0 Å². The molecule has 0 radical (unpaired) electrons. The van der Waals surface area contributed by atoms with Gasteiger partial charge in [0.1, 0.15) is 0 Å². The van der Waals surface area contributed by atoms with Crippen molar-refractivity contribution in [2.45, 2.75) is 42.9 Å². The molecule has 3 aliphatic heterocycles. The van der Waals surface area contributed by atoms with Gasteiger partial charge in [0.05, 0.1) is 24.5 Å². The average molecular weight is 312 g/mol. The highest BCUT2D eigenvalue weighted by Gasteiger charge is 2.65. The predicted octanol–water partition coefficient (Wildman–Crippen LogP) is 1.28. The molecule has 3 saturated heterocycles. The maximum absolute atomic E-state index is 13.3. The molecule has 5 rings (SSSR count). The van der Waals surface area contributed by atoms with Gasteiger partial charge in [-0.25, -0.2) is 0 Å². The summed E-state index contributed by atoms with van der Waals surface area (Å²) in [7, 11) is 0. The third-order valence-corrected chi connectivity index (χ3v) is 6.15. The molecule has 4 aliphatic rings. The third kappa shape index (κ3) is 1.61. The van der Waals surface area contributed by atoms with E-state index < -0.39 is 5.72 Å². The van der Waals surface area contributed by atoms with Crippen LogP contribution in [0.15, 0.2) is 30.3 Å². The van der Waals surface area contributed by atoms with Crippen molar-refractivity contribution in [2.75, 3.05) is 19.7 Å². The normalized spacial score (nSPS) is 33.7. The van der Waals surface area contributed by atoms with Crippen molar-refractivity contribution in [1.82, 2.24) is 9.80 Å². The first-order valence-electron chi connectivity index (χ1n) is 8.48. The molecular weight excluding hydrogens is 292 g/mol. The molecule has 1 saturated carbocycles. The summed E-state index contributed by atoms with van der Waals surface area (Å²) < 4.78 is 5.99. The van der Waals surface area contributed by atoms with E-state index in [0.717, 1.165) is 24.8 Å². The van der Waals surface area contributed by atoms with Crippen LogP contribution < -0.4 is 0 Å². The van der Waals surface area contributed by atoms with E-state index in [9.17, 15) is 9.59 Å². The Hall–Kier alpha value is -1.88. The van der Waals surface area contributed by atoms with Crippen LogP contribution in [0.4, 0.5) is 0 Å². The highest BCUT2D eigenvalue weighted by atomic mass is 16.5. The van der Waals surface area contributed by atoms with Gasteiger partial charge in [-0.15, -0.1) is 0 Å². The molecule has 0 unspecified atom stereocenters. The quantitative estimate of drug-likeness (QED) is 0.826. The fourth-order valence-corrected chi connectivity index (χ4v) is 4.82. The number of benzene rings is 1. The molecule has 0 aromatic heterocycles. The molecule has 0 bridgehead atoms. The van der Waals surface area contributed by atoms with E-state index in [1.165, 1.54) is 0 Å². The molecule has 0 N–H and O–H groups in total. The maximum Gasteiger partial charge on any atom is 0.233 e. The predicted molar refractivity (Wildman–Crippen MR) is 82.5 cm³/mol. The molecule has 120 valence electrons. The lowest BCUT2D eigenvalue weighted by molar-refractivity contribution is -0.141. The number of rotatable bonds is 2. The van der Waals surface area contributed by atoms with E-state index in [4.69, 9.17) is 4.74 Å². The Morgan fingerprint density at radius 1 is 1.13 bits per heavy atom. The zero-order chi connectivity index (χ0) is 15.7. The number of likely N-dealkylation sites (tertiary alicyclic amines) is 1. The van der Waals surface area contributed by atoms with Crippen molar-refractivity contribution in [3.05, 3.63) is 35.9 Å². The summed E-state index contributed by atoms with van der Waals surface area (Å²) in [6, 6.07) is 9.97. The van der Waals surface area contributed by atoms with Crippen LogP contribution >= 0.6 is 0 Å². The molecule has 1 aliphatic carbocycles. The fourth-order valence-electron chi connectivity index (χ4n) is 4.82. The number of amides is 2. The summed E-state index contributed by atoms with van der Waals surface area (Å²) in [4.78, 5) is 29.4. The van der Waals surface area contributed by atoms with E-state index in [0.29, 0.717) is 26.1 Å². The number of hydrogen-bond donors (Lipinski definition) is 0. The minimum Gasteiger partial charge on any atom is -0.351 e. The summed E-state index contributed by atoms with van der Waals surface area (Å²) in [6.07, 6.45) is 2.98. The van der Waals surface area contributed by atoms with Gasteiger partial charge < -0.3 is 14.5 Å². The molecule has 1 aromatic carbocycles. The number of hydrogen-bond acceptors (Lipinski definition) is 3. The van der Waals surface area contributed by atoms with Crippen LogP contribution in [-0.2, 0) is 19.7 Å². The number of nitrogens with zero attached hydrogens (tertiary/aromatic N) is 2. The van der Waals surface area contributed by atoms with Gasteiger partial charge >= 0.3 is 0 Å². The zero-order valence-electron chi connectivity index (χ0n) is 13.0. The lowest BCUT2D eigenvalue weighted by Gasteiger charge is -2.33. The van der Waals surface area contributed by atoms with E-state index in [1.807, 2.05) is 28.0 Å². The molecular formula is C18H20N2O3. The minimum atomic E-state index is -0.528. The zero-order valence-corrected chi connectivity index (χ0v) is 13.0. The highest BCUT2D eigenvalue weighted by molar-refractivity contribution is 5.93. The van der Waals surface area contributed by atoms with Crippen LogP contribution in [0.2, 0.25) is 0 Å². The number of carbonyl (C=O) groups excluding carboxylic acids is 2. The van der Waals surface area contributed by atoms with E-state index >= 15 is 0 Å². The minimum absolute atomic E-state index is 0.105. The second-order valence-corrected chi connectivity index (χ2v) is 7.16. The summed E-state index contributed by atoms with van der Waals surface area (Å²) in [5.74, 6) is 0.324. The fraction of sp³-hybridized carbons (Fsp3) is 0.556. The molecule has 2 amide bonds. The summed E-state index contributed by atoms with van der Waals surface area (Å²) in [6.45, 7) is 1.96. The monoisotopic (exact) mass is 312 g/mol. The van der Waals surface area contributed by atoms with E-state index in [2.05, 4.69) is 12.1 Å². The Kier molecular flexibility index (Phi) is 2.56. The lowest BCUT2D eigenvalue weighted by Crippen LogP contribution is -2.50. The first kappa shape index (κ1) is 13.5. The van der Waals surface area contributed by atoms with Gasteiger partial charge in [-0.1, -0.05) is 30.3 Å². The van der Waals surface area contributed by atoms with Crippen LogP contribution in [0.1, 0.15) is 31.2 Å². The van der Waals surface area contributed by atoms with Crippen molar-refractivity contribution in [3.63, 3.8) is 0 Å².